The Morgan fingerprint density at radius 1 is 0.364 bits per heavy atom. The summed E-state index contributed by atoms with van der Waals surface area (Å²) in [4.78, 5) is 76.7. The zero-order valence-electron chi connectivity index (χ0n) is 79.0. The van der Waals surface area contributed by atoms with Gasteiger partial charge in [-0.3, -0.25) is 24.9 Å². The van der Waals surface area contributed by atoms with Gasteiger partial charge in [0.25, 0.3) is 0 Å². The van der Waals surface area contributed by atoms with E-state index in [1.807, 2.05) is 0 Å². The van der Waals surface area contributed by atoms with Crippen LogP contribution in [0.2, 0.25) is 5.02 Å². The minimum atomic E-state index is -4.55. The molecule has 10 aliphatic rings. The Bertz CT molecular complexity index is 5790. The molecule has 10 N–H and O–H groups in total. The number of pyridine rings is 5. The lowest BCUT2D eigenvalue weighted by atomic mass is 9.71. The fourth-order valence-corrected chi connectivity index (χ4v) is 24.9. The molecule has 10 aromatic heterocycles. The molecule has 9 fully saturated rings. The molecule has 9 aliphatic heterocycles. The second kappa shape index (κ2) is 44.2. The van der Waals surface area contributed by atoms with Crippen molar-refractivity contribution in [2.24, 2.45) is 50.3 Å². The van der Waals surface area contributed by atoms with Crippen LogP contribution in [-0.4, -0.2) is 191 Å². The van der Waals surface area contributed by atoms with Crippen LogP contribution in [0, 0.1) is 51.3 Å². The minimum absolute atomic E-state index is 0.0280. The van der Waals surface area contributed by atoms with Gasteiger partial charge in [0.2, 0.25) is 5.95 Å². The second-order valence-corrected chi connectivity index (χ2v) is 43.2. The molecule has 29 nitrogen and oxygen atoms in total. The summed E-state index contributed by atoms with van der Waals surface area (Å²) >= 11 is 10.4. The summed E-state index contributed by atoms with van der Waals surface area (Å²) < 4.78 is 189. The number of aliphatic imine (C=N–C) groups is 1. The molecule has 19 heterocycles. The number of anilines is 10. The van der Waals surface area contributed by atoms with E-state index in [9.17, 15) is 57.1 Å². The van der Waals surface area contributed by atoms with Crippen LogP contribution in [0.15, 0.2) is 171 Å². The lowest BCUT2D eigenvalue weighted by Crippen LogP contribution is -2.47. The largest absolute Gasteiger partial charge is 0.434 e. The van der Waals surface area contributed by atoms with Crippen LogP contribution in [0.5, 0.6) is 0 Å². The van der Waals surface area contributed by atoms with Crippen molar-refractivity contribution in [3.63, 3.8) is 0 Å². The number of hydrogen-bond donors (Lipinski definition) is 5. The van der Waals surface area contributed by atoms with E-state index in [0.717, 1.165) is 253 Å². The number of nitrogen functional groups attached to an aromatic ring is 5. The molecule has 10 aromatic rings. The molecule has 5 spiro atoms. The molecular weight excluding hydrogens is 2000 g/mol. The van der Waals surface area contributed by atoms with Gasteiger partial charge in [-0.25, -0.2) is 54.8 Å². The van der Waals surface area contributed by atoms with E-state index >= 15 is 0 Å². The van der Waals surface area contributed by atoms with E-state index in [4.69, 9.17) is 54.5 Å². The molecule has 0 aromatic carbocycles. The number of alkyl halides is 12. The predicted molar refractivity (Wildman–Crippen MR) is 524 cm³/mol. The van der Waals surface area contributed by atoms with Crippen LogP contribution in [0.25, 0.3) is 0 Å². The van der Waals surface area contributed by atoms with Crippen molar-refractivity contribution in [2.75, 3.05) is 158 Å². The Balaban J connectivity index is 0.000000128. The summed E-state index contributed by atoms with van der Waals surface area (Å²) in [5.41, 5.74) is 28.8. The van der Waals surface area contributed by atoms with Crippen LogP contribution in [0.1, 0.15) is 154 Å². The highest BCUT2D eigenvalue weighted by Gasteiger charge is 2.50. The molecule has 143 heavy (non-hydrogen) atoms. The Kier molecular flexibility index (Phi) is 32.7. The number of aromatic nitrogens is 15. The first-order chi connectivity index (χ1) is 68.1. The monoisotopic (exact) mass is 2100 g/mol. The number of rotatable bonds is 15. The maximum absolute atomic E-state index is 13.5. The highest BCUT2D eigenvalue weighted by molar-refractivity contribution is 8.00. The third-order valence-corrected chi connectivity index (χ3v) is 35.3. The number of ether oxygens (including phenoxy) is 3. The van der Waals surface area contributed by atoms with E-state index in [1.54, 1.807) is 37.1 Å². The number of hydrogen-bond acceptors (Lipinski definition) is 34. The van der Waals surface area contributed by atoms with Crippen molar-refractivity contribution < 1.29 is 71.3 Å². The van der Waals surface area contributed by atoms with Gasteiger partial charge in [0.1, 0.15) is 59.2 Å². The summed E-state index contributed by atoms with van der Waals surface area (Å²) in [5.74, 6) is 5.92. The molecule has 4 atom stereocenters. The molecule has 1 unspecified atom stereocenters. The van der Waals surface area contributed by atoms with Gasteiger partial charge in [-0.1, -0.05) is 111 Å². The maximum atomic E-state index is 13.5. The normalized spacial score (nSPS) is 21.1. The van der Waals surface area contributed by atoms with Crippen LogP contribution >= 0.6 is 70.4 Å². The van der Waals surface area contributed by atoms with E-state index < -0.39 is 53.4 Å². The summed E-state index contributed by atoms with van der Waals surface area (Å²) in [6.45, 7) is 24.7. The first-order valence-corrected chi connectivity index (χ1v) is 51.5. The van der Waals surface area contributed by atoms with Gasteiger partial charge in [-0.15, -0.1) is 0 Å². The van der Waals surface area contributed by atoms with E-state index in [1.165, 1.54) is 104 Å². The van der Waals surface area contributed by atoms with Crippen molar-refractivity contribution in [3.8, 4) is 0 Å². The molecule has 0 bridgehead atoms. The molecular formula is C95H110ClF13N26O3S5. The maximum Gasteiger partial charge on any atom is 0.434 e. The number of nitrogens with zero attached hydrogens (tertiary/aromatic N) is 21. The zero-order chi connectivity index (χ0) is 102. The lowest BCUT2D eigenvalue weighted by molar-refractivity contribution is -0.144. The standard InChI is InChI=1S/C19H23ClFN5S.C19H21F3N6S.3C19H22F3N5OS/c1-12-3-2-5-19(12)6-9-26(10-7-19)14-11-24-18(17(22)25-14)27-13-4-8-23-16(21)15(13)20;1-12-18(4-8-24-12)5-9-28(10-6-18)14-11-26-17(16(23)27-14)29-13-3-2-7-25-15(13)19(20,21)22;1-12-4-10-28-18(12)5-8-27(9-6-18)14-11-25-17(16(23)26-14)29-13-3-2-7-24-15(13)19(20,21)22;2*1-12-10-28-11-18(12)4-7-27(8-5-18)14-9-25-17(16(23)26-14)29-13-3-2-6-24-15(13)19(20,21)22/h4,8,11-12H,2-3,5-7,9-10H2,1H3,(H2,22,25);2-3,7,11H,4-6,8-10H2,1H3,(H2,23,27);2-3,7,11-12H,4-6,8-10H2,1H3,(H2,23,26);2*2-3,6,9,12H,4-5,7-8,10-11H2,1H3,(H2,23,26)/t12-;;2*12-;/m1.11./s1. The van der Waals surface area contributed by atoms with Gasteiger partial charge in [-0.05, 0) is 174 Å². The van der Waals surface area contributed by atoms with Crippen LogP contribution in [0.4, 0.5) is 115 Å². The predicted octanol–water partition coefficient (Wildman–Crippen LogP) is 20.7. The van der Waals surface area contributed by atoms with E-state index in [2.05, 4.69) is 139 Å². The smallest absolute Gasteiger partial charge is 0.381 e. The van der Waals surface area contributed by atoms with Crippen molar-refractivity contribution in [2.45, 2.75) is 211 Å². The molecule has 48 heteroatoms. The van der Waals surface area contributed by atoms with Crippen molar-refractivity contribution in [3.05, 3.63) is 150 Å². The number of piperidine rings is 5. The van der Waals surface area contributed by atoms with Gasteiger partial charge >= 0.3 is 24.7 Å². The lowest BCUT2D eigenvalue weighted by Gasteiger charge is -2.42. The van der Waals surface area contributed by atoms with Crippen molar-refractivity contribution in [1.29, 1.82) is 0 Å². The highest BCUT2D eigenvalue weighted by Crippen LogP contribution is 2.54. The van der Waals surface area contributed by atoms with Crippen LogP contribution in [0.3, 0.4) is 0 Å². The Morgan fingerprint density at radius 2 is 0.678 bits per heavy atom. The van der Waals surface area contributed by atoms with Crippen LogP contribution in [-0.2, 0) is 38.9 Å². The van der Waals surface area contributed by atoms with E-state index in [0.29, 0.717) is 62.2 Å². The third-order valence-electron chi connectivity index (χ3n) is 29.5. The second-order valence-electron chi connectivity index (χ2n) is 37.7. The summed E-state index contributed by atoms with van der Waals surface area (Å²) in [5, 5.41) is 1.43. The first kappa shape index (κ1) is 106. The Labute approximate surface area is 844 Å². The van der Waals surface area contributed by atoms with Gasteiger partial charge in [0, 0.05) is 169 Å². The fourth-order valence-electron chi connectivity index (χ4n) is 20.4. The summed E-state index contributed by atoms with van der Waals surface area (Å²) in [6.07, 6.45) is 12.3. The minimum Gasteiger partial charge on any atom is -0.381 e. The van der Waals surface area contributed by atoms with Crippen molar-refractivity contribution in [1.82, 2.24) is 74.8 Å². The Morgan fingerprint density at radius 3 is 0.951 bits per heavy atom. The molecule has 1 aliphatic carbocycles. The molecule has 1 saturated carbocycles. The summed E-state index contributed by atoms with van der Waals surface area (Å²) in [7, 11) is 0. The molecule has 766 valence electrons. The number of halogens is 14. The first-order valence-electron chi connectivity index (χ1n) is 47.1. The highest BCUT2D eigenvalue weighted by atomic mass is 35.5. The van der Waals surface area contributed by atoms with E-state index in [-0.39, 0.29) is 89.8 Å². The Hall–Kier alpha value is -10.2. The molecule has 8 saturated heterocycles. The third kappa shape index (κ3) is 24.4. The fraction of sp³-hybridized carbons (Fsp3) is 0.516. The molecule has 0 radical (unpaired) electrons. The number of nitrogens with two attached hydrogens (primary N) is 5. The topological polar surface area (TPSA) is 380 Å². The summed E-state index contributed by atoms with van der Waals surface area (Å²) in [6, 6.07) is 12.8. The average Bonchev–Trinajstić information content (AvgIpc) is 1.76. The quantitative estimate of drug-likeness (QED) is 0.0470. The van der Waals surface area contributed by atoms with Gasteiger partial charge in [-0.2, -0.15) is 57.1 Å². The molecule has 20 rings (SSSR count). The average molecular weight is 2110 g/mol. The van der Waals surface area contributed by atoms with Crippen molar-refractivity contribution >= 4 is 134 Å². The molecule has 0 amide bonds. The van der Waals surface area contributed by atoms with Gasteiger partial charge < -0.3 is 67.4 Å². The van der Waals surface area contributed by atoms with Crippen LogP contribution < -0.4 is 53.2 Å². The SMILES string of the molecule is CC1=NCCC12CCN(c1cnc(Sc3cccnc3C(F)(F)F)c(N)n1)CC2.CC1COCC12CCN(c1cnc(Sc3cccnc3C(F)(F)F)c(N)n1)CC2.C[C@@H]1CCCC12CCN(c1cnc(Sc3ccnc(F)c3Cl)c(N)n1)CC2.C[C@@H]1CCOC12CCN(c1cnc(Sc3cccnc3C(F)(F)F)c(N)n1)CC2.C[C@@H]1COCC12CCN(c1cnc(Sc3cccnc3C(F)(F)F)c(N)n1)CC2. The van der Waals surface area contributed by atoms with Gasteiger partial charge in [0.05, 0.1) is 49.8 Å². The zero-order valence-corrected chi connectivity index (χ0v) is 83.9. The van der Waals surface area contributed by atoms with Gasteiger partial charge in [0.15, 0.2) is 51.9 Å².